The lowest BCUT2D eigenvalue weighted by Gasteiger charge is -1.94. The summed E-state index contributed by atoms with van der Waals surface area (Å²) in [6.45, 7) is 3.44. The summed E-state index contributed by atoms with van der Waals surface area (Å²) in [5.74, 6) is 0.225. The van der Waals surface area contributed by atoms with Gasteiger partial charge in [-0.1, -0.05) is 0 Å². The molecule has 0 spiro atoms. The summed E-state index contributed by atoms with van der Waals surface area (Å²) in [5.41, 5.74) is 0.740. The standard InChI is InChI=1S/C10H6O4S/c1-3-7-5(9(11)13-3)6-8(15-7)4(2)14-10(6)12/h1-2H3. The molecule has 76 valence electrons. The zero-order valence-corrected chi connectivity index (χ0v) is 8.86. The zero-order valence-electron chi connectivity index (χ0n) is 8.04. The van der Waals surface area contributed by atoms with Gasteiger partial charge in [-0.2, -0.15) is 0 Å². The Morgan fingerprint density at radius 1 is 0.867 bits per heavy atom. The molecule has 0 atom stereocenters. The van der Waals surface area contributed by atoms with E-state index < -0.39 is 11.9 Å². The van der Waals surface area contributed by atoms with Gasteiger partial charge >= 0.3 is 11.9 Å². The predicted molar refractivity (Wildman–Crippen MR) is 52.6 cm³/mol. The molecule has 0 unspecified atom stereocenters. The molecule has 3 rings (SSSR count). The second-order valence-electron chi connectivity index (χ2n) is 3.40. The van der Waals surface area contributed by atoms with Crippen LogP contribution >= 0.6 is 11.3 Å². The number of hydrogen-bond donors (Lipinski definition) is 0. The molecule has 1 aromatic rings. The number of thiophene rings is 1. The Hall–Kier alpha value is -1.62. The number of carbonyl (C=O) groups is 2. The average Bonchev–Trinajstić information content (AvgIpc) is 2.72. The summed E-state index contributed by atoms with van der Waals surface area (Å²) in [4.78, 5) is 23.0. The van der Waals surface area contributed by atoms with Crippen LogP contribution in [0.25, 0.3) is 11.5 Å². The Morgan fingerprint density at radius 2 is 1.27 bits per heavy atom. The van der Waals surface area contributed by atoms with Crippen molar-refractivity contribution in [3.63, 3.8) is 0 Å². The van der Waals surface area contributed by atoms with Gasteiger partial charge in [0.25, 0.3) is 0 Å². The summed E-state index contributed by atoms with van der Waals surface area (Å²) in [6.07, 6.45) is 0. The van der Waals surface area contributed by atoms with Crippen molar-refractivity contribution in [2.75, 3.05) is 0 Å². The Bertz CT molecular complexity index is 581. The highest BCUT2D eigenvalue weighted by Gasteiger charge is 2.34. The first-order chi connectivity index (χ1) is 7.09. The van der Waals surface area contributed by atoms with Crippen molar-refractivity contribution in [1.29, 1.82) is 0 Å². The van der Waals surface area contributed by atoms with Gasteiger partial charge in [0.1, 0.15) is 11.5 Å². The molecule has 4 nitrogen and oxygen atoms in total. The topological polar surface area (TPSA) is 52.6 Å². The Balaban J connectivity index is 2.54. The van der Waals surface area contributed by atoms with Crippen molar-refractivity contribution in [2.24, 2.45) is 0 Å². The molecule has 0 N–H and O–H groups in total. The molecule has 0 aliphatic carbocycles. The molecular formula is C10H6O4S. The van der Waals surface area contributed by atoms with E-state index in [4.69, 9.17) is 9.47 Å². The van der Waals surface area contributed by atoms with E-state index in [1.807, 2.05) is 0 Å². The lowest BCUT2D eigenvalue weighted by atomic mass is 10.2. The third kappa shape index (κ3) is 0.906. The maximum Gasteiger partial charge on any atom is 0.345 e. The van der Waals surface area contributed by atoms with E-state index in [1.165, 1.54) is 11.3 Å². The highest BCUT2D eigenvalue weighted by Crippen LogP contribution is 2.21. The first-order valence-electron chi connectivity index (χ1n) is 4.38. The average molecular weight is 222 g/mol. The van der Waals surface area contributed by atoms with Gasteiger partial charge in [0.05, 0.1) is 20.2 Å². The molecule has 1 aromatic heterocycles. The highest BCUT2D eigenvalue weighted by atomic mass is 32.1. The normalized spacial score (nSPS) is 17.7. The number of cyclic esters (lactones) is 2. The van der Waals surface area contributed by atoms with E-state index in [0.717, 1.165) is 9.06 Å². The molecule has 2 aliphatic heterocycles. The predicted octanol–water partition coefficient (Wildman–Crippen LogP) is 0.345. The first kappa shape index (κ1) is 8.67. The van der Waals surface area contributed by atoms with Crippen molar-refractivity contribution in [3.8, 4) is 0 Å². The van der Waals surface area contributed by atoms with Gasteiger partial charge in [0.15, 0.2) is 0 Å². The second kappa shape index (κ2) is 2.49. The molecule has 0 fully saturated rings. The third-order valence-corrected chi connectivity index (χ3v) is 3.84. The van der Waals surface area contributed by atoms with Crippen LogP contribution in [0.1, 0.15) is 34.6 Å². The molecule has 0 saturated carbocycles. The Morgan fingerprint density at radius 3 is 1.67 bits per heavy atom. The zero-order chi connectivity index (χ0) is 10.7. The molecule has 5 heteroatoms. The van der Waals surface area contributed by atoms with E-state index in [2.05, 4.69) is 0 Å². The van der Waals surface area contributed by atoms with Crippen LogP contribution in [0.2, 0.25) is 0 Å². The first-order valence-corrected chi connectivity index (χ1v) is 5.20. The van der Waals surface area contributed by atoms with Gasteiger partial charge in [0.2, 0.25) is 0 Å². The molecule has 0 bridgehead atoms. The largest absolute Gasteiger partial charge is 0.426 e. The minimum absolute atomic E-state index is 0.370. The fourth-order valence-corrected chi connectivity index (χ4v) is 2.94. The molecule has 0 saturated heterocycles. The van der Waals surface area contributed by atoms with Gasteiger partial charge in [-0.3, -0.25) is 0 Å². The summed E-state index contributed by atoms with van der Waals surface area (Å²) >= 11 is 1.37. The molecule has 0 amide bonds. The number of ether oxygens (including phenoxy) is 2. The van der Waals surface area contributed by atoms with Crippen LogP contribution < -0.4 is 9.06 Å². The number of hydrogen-bond acceptors (Lipinski definition) is 5. The van der Waals surface area contributed by atoms with Crippen molar-refractivity contribution in [3.05, 3.63) is 20.2 Å². The van der Waals surface area contributed by atoms with Gasteiger partial charge in [-0.25, -0.2) is 9.59 Å². The number of esters is 2. The number of rotatable bonds is 0. The Kier molecular flexibility index (Phi) is 1.44. The fourth-order valence-electron chi connectivity index (χ4n) is 1.79. The molecule has 0 aromatic carbocycles. The SMILES string of the molecule is CC1=c2sc3c(c2C(=O)O1)C(=O)OC=3C. The highest BCUT2D eigenvalue weighted by molar-refractivity contribution is 7.08. The van der Waals surface area contributed by atoms with Crippen LogP contribution in [0, 0.1) is 0 Å². The van der Waals surface area contributed by atoms with E-state index >= 15 is 0 Å². The summed E-state index contributed by atoms with van der Waals surface area (Å²) in [5, 5.41) is 0. The number of fused-ring (bicyclic) bond motifs is 3. The van der Waals surface area contributed by atoms with Crippen LogP contribution in [0.4, 0.5) is 0 Å². The van der Waals surface area contributed by atoms with Crippen molar-refractivity contribution in [2.45, 2.75) is 13.8 Å². The third-order valence-electron chi connectivity index (χ3n) is 2.45. The van der Waals surface area contributed by atoms with Crippen LogP contribution in [-0.2, 0) is 9.47 Å². The molecule has 15 heavy (non-hydrogen) atoms. The smallest absolute Gasteiger partial charge is 0.345 e. The van der Waals surface area contributed by atoms with E-state index in [-0.39, 0.29) is 0 Å². The lowest BCUT2D eigenvalue weighted by Crippen LogP contribution is -2.10. The van der Waals surface area contributed by atoms with Gasteiger partial charge in [-0.15, -0.1) is 11.3 Å². The second-order valence-corrected chi connectivity index (χ2v) is 4.42. The summed E-state index contributed by atoms with van der Waals surface area (Å²) < 4.78 is 11.4. The quantitative estimate of drug-likeness (QED) is 0.594. The van der Waals surface area contributed by atoms with E-state index in [0.29, 0.717) is 22.6 Å². The monoisotopic (exact) mass is 222 g/mol. The maximum atomic E-state index is 11.5. The van der Waals surface area contributed by atoms with Gasteiger partial charge in [-0.05, 0) is 13.8 Å². The van der Waals surface area contributed by atoms with Crippen molar-refractivity contribution < 1.29 is 19.1 Å². The maximum absolute atomic E-state index is 11.5. The minimum atomic E-state index is -0.452. The Labute approximate surface area is 88.4 Å². The van der Waals surface area contributed by atoms with E-state index in [9.17, 15) is 9.59 Å². The van der Waals surface area contributed by atoms with Crippen molar-refractivity contribution in [1.82, 2.24) is 0 Å². The van der Waals surface area contributed by atoms with Gasteiger partial charge in [0, 0.05) is 0 Å². The minimum Gasteiger partial charge on any atom is -0.426 e. The lowest BCUT2D eigenvalue weighted by molar-refractivity contribution is 0.0666. The number of carbonyl (C=O) groups excluding carboxylic acids is 2. The summed E-state index contributed by atoms with van der Waals surface area (Å²) in [7, 11) is 0. The van der Waals surface area contributed by atoms with Gasteiger partial charge < -0.3 is 9.47 Å². The van der Waals surface area contributed by atoms with Crippen molar-refractivity contribution >= 4 is 34.8 Å². The summed E-state index contributed by atoms with van der Waals surface area (Å²) in [6, 6.07) is 0. The molecular weight excluding hydrogens is 216 g/mol. The molecule has 3 heterocycles. The van der Waals surface area contributed by atoms with Crippen LogP contribution in [0.3, 0.4) is 0 Å². The van der Waals surface area contributed by atoms with Crippen LogP contribution in [-0.4, -0.2) is 11.9 Å². The van der Waals surface area contributed by atoms with Crippen LogP contribution in [0.5, 0.6) is 0 Å². The molecule has 0 radical (unpaired) electrons. The van der Waals surface area contributed by atoms with E-state index in [1.54, 1.807) is 13.8 Å². The fraction of sp³-hybridized carbons (Fsp3) is 0.200. The van der Waals surface area contributed by atoms with Crippen LogP contribution in [0.15, 0.2) is 0 Å². The molecule has 2 aliphatic rings.